The molecule has 0 saturated heterocycles. The van der Waals surface area contributed by atoms with Crippen LogP contribution in [0.15, 0.2) is 47.4 Å². The van der Waals surface area contributed by atoms with Crippen molar-refractivity contribution in [3.05, 3.63) is 65.4 Å². The summed E-state index contributed by atoms with van der Waals surface area (Å²) in [6, 6.07) is 8.80. The zero-order valence-corrected chi connectivity index (χ0v) is 17.9. The Hall–Kier alpha value is -2.78. The smallest absolute Gasteiger partial charge is 0.325 e. The van der Waals surface area contributed by atoms with Gasteiger partial charge in [0.15, 0.2) is 0 Å². The molecule has 1 aliphatic carbocycles. The molecule has 31 heavy (non-hydrogen) atoms. The number of ether oxygens (including phenoxy) is 1. The van der Waals surface area contributed by atoms with Gasteiger partial charge >= 0.3 is 5.97 Å². The number of carbonyl (C=O) groups is 1. The van der Waals surface area contributed by atoms with Gasteiger partial charge in [0, 0.05) is 22.6 Å². The van der Waals surface area contributed by atoms with Crippen molar-refractivity contribution >= 4 is 26.9 Å². The van der Waals surface area contributed by atoms with Gasteiger partial charge in [-0.3, -0.25) is 4.79 Å². The number of halogens is 2. The molecule has 1 fully saturated rings. The molecule has 1 saturated carbocycles. The molecule has 0 unspecified atom stereocenters. The maximum Gasteiger partial charge on any atom is 0.325 e. The number of nitrogens with one attached hydrogen (secondary N) is 1. The standard InChI is InChI=1S/C22H22F2N2O4S/c1-13-22(19-11-16(24)5-8-20(19)26(13)12-21(27)30-2)14-9-17(10-14)25-31(28,29)18-6-3-15(23)4-7-18/h3-8,11,14,17,25H,9-10,12H2,1-2H3. The van der Waals surface area contributed by atoms with Crippen LogP contribution < -0.4 is 4.72 Å². The first-order valence-electron chi connectivity index (χ1n) is 9.82. The minimum Gasteiger partial charge on any atom is -0.468 e. The van der Waals surface area contributed by atoms with E-state index in [4.69, 9.17) is 4.74 Å². The monoisotopic (exact) mass is 448 g/mol. The first kappa shape index (κ1) is 21.5. The van der Waals surface area contributed by atoms with Crippen LogP contribution in [0.2, 0.25) is 0 Å². The van der Waals surface area contributed by atoms with Crippen LogP contribution >= 0.6 is 0 Å². The molecular weight excluding hydrogens is 426 g/mol. The number of hydrogen-bond donors (Lipinski definition) is 1. The van der Waals surface area contributed by atoms with E-state index in [1.807, 2.05) is 6.92 Å². The number of benzene rings is 2. The molecule has 0 bridgehead atoms. The molecule has 2 aromatic carbocycles. The molecule has 1 heterocycles. The van der Waals surface area contributed by atoms with Crippen molar-refractivity contribution in [1.29, 1.82) is 0 Å². The lowest BCUT2D eigenvalue weighted by atomic mass is 9.75. The number of hydrogen-bond acceptors (Lipinski definition) is 4. The molecule has 0 aliphatic heterocycles. The summed E-state index contributed by atoms with van der Waals surface area (Å²) in [6.07, 6.45) is 1.07. The number of aromatic nitrogens is 1. The summed E-state index contributed by atoms with van der Waals surface area (Å²) in [5.74, 6) is -1.27. The Bertz CT molecular complexity index is 1250. The Labute approximate surface area is 178 Å². The Balaban J connectivity index is 1.57. The van der Waals surface area contributed by atoms with Gasteiger partial charge in [-0.15, -0.1) is 0 Å². The summed E-state index contributed by atoms with van der Waals surface area (Å²) in [6.45, 7) is 1.88. The van der Waals surface area contributed by atoms with E-state index in [9.17, 15) is 22.0 Å². The van der Waals surface area contributed by atoms with Crippen LogP contribution in [0.4, 0.5) is 8.78 Å². The van der Waals surface area contributed by atoms with Crippen LogP contribution in [-0.4, -0.2) is 32.1 Å². The Kier molecular flexibility index (Phi) is 5.57. The fraction of sp³-hybridized carbons (Fsp3) is 0.318. The molecule has 0 radical (unpaired) electrons. The van der Waals surface area contributed by atoms with E-state index >= 15 is 0 Å². The molecule has 4 rings (SSSR count). The Morgan fingerprint density at radius 2 is 1.77 bits per heavy atom. The zero-order valence-electron chi connectivity index (χ0n) is 17.1. The average Bonchev–Trinajstić information content (AvgIpc) is 2.95. The van der Waals surface area contributed by atoms with Gasteiger partial charge in [0.25, 0.3) is 0 Å². The van der Waals surface area contributed by atoms with Crippen molar-refractivity contribution in [3.8, 4) is 0 Å². The molecule has 0 amide bonds. The average molecular weight is 448 g/mol. The minimum absolute atomic E-state index is 0.00489. The molecule has 0 atom stereocenters. The van der Waals surface area contributed by atoms with Crippen LogP contribution in [0.3, 0.4) is 0 Å². The fourth-order valence-corrected chi connectivity index (χ4v) is 5.51. The van der Waals surface area contributed by atoms with E-state index in [1.54, 1.807) is 10.6 Å². The van der Waals surface area contributed by atoms with Crippen molar-refractivity contribution in [1.82, 2.24) is 9.29 Å². The van der Waals surface area contributed by atoms with Crippen LogP contribution in [0.5, 0.6) is 0 Å². The first-order chi connectivity index (χ1) is 14.7. The quantitative estimate of drug-likeness (QED) is 0.585. The fourth-order valence-electron chi connectivity index (χ4n) is 4.24. The maximum atomic E-state index is 14.0. The summed E-state index contributed by atoms with van der Waals surface area (Å²) in [4.78, 5) is 11.9. The van der Waals surface area contributed by atoms with Gasteiger partial charge in [-0.25, -0.2) is 21.9 Å². The van der Waals surface area contributed by atoms with E-state index in [1.165, 1.54) is 31.4 Å². The van der Waals surface area contributed by atoms with Gasteiger partial charge in [-0.05, 0) is 73.7 Å². The van der Waals surface area contributed by atoms with E-state index in [0.717, 1.165) is 28.9 Å². The number of fused-ring (bicyclic) bond motifs is 1. The summed E-state index contributed by atoms with van der Waals surface area (Å²) < 4.78 is 61.3. The number of sulfonamides is 1. The van der Waals surface area contributed by atoms with Crippen LogP contribution in [-0.2, 0) is 26.1 Å². The van der Waals surface area contributed by atoms with Crippen molar-refractivity contribution in [2.45, 2.75) is 43.2 Å². The molecule has 1 aliphatic rings. The largest absolute Gasteiger partial charge is 0.468 e. The molecule has 164 valence electrons. The summed E-state index contributed by atoms with van der Waals surface area (Å²) in [5.41, 5.74) is 2.47. The number of esters is 1. The molecule has 0 spiro atoms. The lowest BCUT2D eigenvalue weighted by Crippen LogP contribution is -2.43. The third-order valence-corrected chi connectivity index (χ3v) is 7.38. The normalized spacial score (nSPS) is 18.7. The first-order valence-corrected chi connectivity index (χ1v) is 11.3. The zero-order chi connectivity index (χ0) is 22.3. The van der Waals surface area contributed by atoms with Crippen LogP contribution in [0, 0.1) is 18.6 Å². The second-order valence-electron chi connectivity index (χ2n) is 7.76. The highest BCUT2D eigenvalue weighted by Crippen LogP contribution is 2.43. The molecule has 9 heteroatoms. The van der Waals surface area contributed by atoms with Gasteiger partial charge in [0.05, 0.1) is 12.0 Å². The van der Waals surface area contributed by atoms with Crippen molar-refractivity contribution in [2.24, 2.45) is 0 Å². The van der Waals surface area contributed by atoms with E-state index in [0.29, 0.717) is 18.2 Å². The van der Waals surface area contributed by atoms with Crippen molar-refractivity contribution in [3.63, 3.8) is 0 Å². The van der Waals surface area contributed by atoms with Gasteiger partial charge < -0.3 is 9.30 Å². The van der Waals surface area contributed by atoms with Gasteiger partial charge in [0.1, 0.15) is 18.2 Å². The topological polar surface area (TPSA) is 77.4 Å². The lowest BCUT2D eigenvalue weighted by molar-refractivity contribution is -0.141. The molecule has 1 aromatic heterocycles. The SMILES string of the molecule is COC(=O)Cn1c(C)c(C2CC(NS(=O)(=O)c3ccc(F)cc3)C2)c2cc(F)ccc21. The molecular formula is C22H22F2N2O4S. The van der Waals surface area contributed by atoms with Crippen molar-refractivity contribution in [2.75, 3.05) is 7.11 Å². The minimum atomic E-state index is -3.76. The summed E-state index contributed by atoms with van der Waals surface area (Å²) in [7, 11) is -2.45. The molecule has 6 nitrogen and oxygen atoms in total. The predicted molar refractivity (Wildman–Crippen MR) is 111 cm³/mol. The second kappa shape index (κ2) is 8.05. The van der Waals surface area contributed by atoms with E-state index in [-0.39, 0.29) is 29.2 Å². The third-order valence-electron chi connectivity index (χ3n) is 5.84. The van der Waals surface area contributed by atoms with E-state index < -0.39 is 21.8 Å². The maximum absolute atomic E-state index is 14.0. The van der Waals surface area contributed by atoms with E-state index in [2.05, 4.69) is 4.72 Å². The number of nitrogens with zero attached hydrogens (tertiary/aromatic N) is 1. The summed E-state index contributed by atoms with van der Waals surface area (Å²) in [5, 5.41) is 0.714. The van der Waals surface area contributed by atoms with Crippen LogP contribution in [0.25, 0.3) is 10.9 Å². The third kappa shape index (κ3) is 4.07. The highest BCUT2D eigenvalue weighted by Gasteiger charge is 2.36. The van der Waals surface area contributed by atoms with Gasteiger partial charge in [-0.2, -0.15) is 0 Å². The highest BCUT2D eigenvalue weighted by atomic mass is 32.2. The Morgan fingerprint density at radius 1 is 1.13 bits per heavy atom. The van der Waals surface area contributed by atoms with Gasteiger partial charge in [0.2, 0.25) is 10.0 Å². The number of rotatable bonds is 6. The summed E-state index contributed by atoms with van der Waals surface area (Å²) >= 11 is 0. The lowest BCUT2D eigenvalue weighted by Gasteiger charge is -2.36. The van der Waals surface area contributed by atoms with Crippen LogP contribution in [0.1, 0.15) is 30.0 Å². The number of methoxy groups -OCH3 is 1. The second-order valence-corrected chi connectivity index (χ2v) is 9.48. The molecule has 3 aromatic rings. The number of carbonyl (C=O) groups excluding carboxylic acids is 1. The highest BCUT2D eigenvalue weighted by molar-refractivity contribution is 7.89. The predicted octanol–water partition coefficient (Wildman–Crippen LogP) is 3.63. The van der Waals surface area contributed by atoms with Gasteiger partial charge in [-0.1, -0.05) is 0 Å². The van der Waals surface area contributed by atoms with Crippen molar-refractivity contribution < 1.29 is 26.7 Å². The Morgan fingerprint density at radius 3 is 2.42 bits per heavy atom. The molecule has 1 N–H and O–H groups in total.